The average Bonchev–Trinajstić information content (AvgIpc) is 2.43. The normalized spacial score (nSPS) is 16.3. The standard InChI is InChI=1S/C12H13FN2/c13-11-3-1-2-9-8-10-4-5-14-6-7-15(10)12(9)11/h1-3,8,14H,4-7H2. The average molecular weight is 204 g/mol. The minimum absolute atomic E-state index is 0.111. The molecule has 0 fully saturated rings. The van der Waals surface area contributed by atoms with Gasteiger partial charge in [-0.3, -0.25) is 0 Å². The van der Waals surface area contributed by atoms with Crippen LogP contribution in [0.2, 0.25) is 0 Å². The second-order valence-corrected chi connectivity index (χ2v) is 3.96. The second kappa shape index (κ2) is 3.35. The SMILES string of the molecule is Fc1cccc2cc3n(c12)CCNCC3. The molecule has 0 saturated carbocycles. The number of aromatic nitrogens is 1. The van der Waals surface area contributed by atoms with Crippen LogP contribution in [0, 0.1) is 5.82 Å². The van der Waals surface area contributed by atoms with Crippen LogP contribution in [0.15, 0.2) is 24.3 Å². The highest BCUT2D eigenvalue weighted by atomic mass is 19.1. The summed E-state index contributed by atoms with van der Waals surface area (Å²) in [5, 5.41) is 4.34. The molecule has 0 radical (unpaired) electrons. The Morgan fingerprint density at radius 1 is 1.27 bits per heavy atom. The van der Waals surface area contributed by atoms with Crippen molar-refractivity contribution in [1.82, 2.24) is 9.88 Å². The summed E-state index contributed by atoms with van der Waals surface area (Å²) >= 11 is 0. The zero-order chi connectivity index (χ0) is 10.3. The molecule has 15 heavy (non-hydrogen) atoms. The zero-order valence-corrected chi connectivity index (χ0v) is 8.46. The van der Waals surface area contributed by atoms with Crippen molar-refractivity contribution in [2.75, 3.05) is 13.1 Å². The lowest BCUT2D eigenvalue weighted by Crippen LogP contribution is -2.17. The van der Waals surface area contributed by atoms with Crippen molar-refractivity contribution in [3.63, 3.8) is 0 Å². The molecule has 1 N–H and O–H groups in total. The van der Waals surface area contributed by atoms with E-state index in [1.807, 2.05) is 6.07 Å². The van der Waals surface area contributed by atoms with Crippen LogP contribution in [0.5, 0.6) is 0 Å². The van der Waals surface area contributed by atoms with E-state index in [0.29, 0.717) is 0 Å². The van der Waals surface area contributed by atoms with Crippen molar-refractivity contribution >= 4 is 10.9 Å². The Morgan fingerprint density at radius 3 is 3.13 bits per heavy atom. The Labute approximate surface area is 87.7 Å². The maximum atomic E-state index is 13.7. The molecule has 1 aliphatic heterocycles. The van der Waals surface area contributed by atoms with Crippen LogP contribution >= 0.6 is 0 Å². The molecule has 78 valence electrons. The van der Waals surface area contributed by atoms with Gasteiger partial charge in [-0.1, -0.05) is 12.1 Å². The summed E-state index contributed by atoms with van der Waals surface area (Å²) in [5.41, 5.74) is 2.00. The van der Waals surface area contributed by atoms with Crippen LogP contribution in [0.25, 0.3) is 10.9 Å². The fourth-order valence-corrected chi connectivity index (χ4v) is 2.33. The number of hydrogen-bond acceptors (Lipinski definition) is 1. The van der Waals surface area contributed by atoms with Crippen LogP contribution in [-0.4, -0.2) is 17.7 Å². The number of rotatable bonds is 0. The Kier molecular flexibility index (Phi) is 1.99. The third kappa shape index (κ3) is 1.35. The van der Waals surface area contributed by atoms with Gasteiger partial charge in [0.2, 0.25) is 0 Å². The third-order valence-electron chi connectivity index (χ3n) is 3.03. The lowest BCUT2D eigenvalue weighted by Gasteiger charge is -2.05. The molecule has 0 atom stereocenters. The van der Waals surface area contributed by atoms with E-state index in [1.54, 1.807) is 6.07 Å². The molecule has 0 aliphatic carbocycles. The molecule has 0 amide bonds. The molecule has 3 rings (SSSR count). The molecule has 0 saturated heterocycles. The highest BCUT2D eigenvalue weighted by Crippen LogP contribution is 2.23. The first-order valence-electron chi connectivity index (χ1n) is 5.33. The van der Waals surface area contributed by atoms with E-state index in [2.05, 4.69) is 16.0 Å². The van der Waals surface area contributed by atoms with Crippen LogP contribution in [0.4, 0.5) is 4.39 Å². The van der Waals surface area contributed by atoms with Crippen molar-refractivity contribution in [3.05, 3.63) is 35.8 Å². The molecule has 1 aliphatic rings. The minimum atomic E-state index is -0.111. The maximum absolute atomic E-state index is 13.7. The van der Waals surface area contributed by atoms with E-state index in [-0.39, 0.29) is 5.82 Å². The van der Waals surface area contributed by atoms with Gasteiger partial charge in [0.1, 0.15) is 5.82 Å². The molecule has 2 aromatic rings. The van der Waals surface area contributed by atoms with Gasteiger partial charge in [-0.05, 0) is 12.1 Å². The maximum Gasteiger partial charge on any atom is 0.147 e. The van der Waals surface area contributed by atoms with E-state index >= 15 is 0 Å². The highest BCUT2D eigenvalue weighted by Gasteiger charge is 2.13. The number of nitrogens with one attached hydrogen (secondary N) is 1. The highest BCUT2D eigenvalue weighted by molar-refractivity contribution is 5.82. The third-order valence-corrected chi connectivity index (χ3v) is 3.03. The fraction of sp³-hybridized carbons (Fsp3) is 0.333. The molecule has 3 heteroatoms. The molecule has 1 aromatic carbocycles. The summed E-state index contributed by atoms with van der Waals surface area (Å²) in [6.07, 6.45) is 0.980. The Bertz CT molecular complexity index is 502. The lowest BCUT2D eigenvalue weighted by atomic mass is 10.2. The van der Waals surface area contributed by atoms with Crippen LogP contribution in [0.3, 0.4) is 0 Å². The predicted octanol–water partition coefficient (Wildman–Crippen LogP) is 1.93. The van der Waals surface area contributed by atoms with E-state index in [1.165, 1.54) is 11.8 Å². The van der Waals surface area contributed by atoms with Crippen molar-refractivity contribution in [3.8, 4) is 0 Å². The first-order chi connectivity index (χ1) is 7.36. The van der Waals surface area contributed by atoms with Crippen LogP contribution in [0.1, 0.15) is 5.69 Å². The molecule has 0 unspecified atom stereocenters. The Morgan fingerprint density at radius 2 is 2.20 bits per heavy atom. The van der Waals surface area contributed by atoms with Gasteiger partial charge in [-0.15, -0.1) is 0 Å². The van der Waals surface area contributed by atoms with Crippen molar-refractivity contribution < 1.29 is 4.39 Å². The summed E-state index contributed by atoms with van der Waals surface area (Å²) in [5.74, 6) is -0.111. The lowest BCUT2D eigenvalue weighted by molar-refractivity contribution is 0.613. The summed E-state index contributed by atoms with van der Waals surface area (Å²) in [6, 6.07) is 7.39. The van der Waals surface area contributed by atoms with E-state index in [9.17, 15) is 4.39 Å². The smallest absolute Gasteiger partial charge is 0.147 e. The first kappa shape index (κ1) is 8.92. The van der Waals surface area contributed by atoms with Gasteiger partial charge in [0.25, 0.3) is 0 Å². The monoisotopic (exact) mass is 204 g/mol. The Hall–Kier alpha value is -1.35. The van der Waals surface area contributed by atoms with Gasteiger partial charge >= 0.3 is 0 Å². The van der Waals surface area contributed by atoms with E-state index < -0.39 is 0 Å². The van der Waals surface area contributed by atoms with E-state index in [4.69, 9.17) is 0 Å². The number of nitrogens with zero attached hydrogens (tertiary/aromatic N) is 1. The van der Waals surface area contributed by atoms with Crippen molar-refractivity contribution in [2.45, 2.75) is 13.0 Å². The van der Waals surface area contributed by atoms with Crippen LogP contribution in [-0.2, 0) is 13.0 Å². The molecular formula is C12H13FN2. The van der Waals surface area contributed by atoms with Gasteiger partial charge in [0, 0.05) is 37.1 Å². The quantitative estimate of drug-likeness (QED) is 0.693. The van der Waals surface area contributed by atoms with Crippen molar-refractivity contribution in [2.24, 2.45) is 0 Å². The summed E-state index contributed by atoms with van der Waals surface area (Å²) < 4.78 is 15.8. The number of halogens is 1. The summed E-state index contributed by atoms with van der Waals surface area (Å²) in [7, 11) is 0. The van der Waals surface area contributed by atoms with Gasteiger partial charge in [-0.25, -0.2) is 4.39 Å². The summed E-state index contributed by atoms with van der Waals surface area (Å²) in [6.45, 7) is 2.77. The number of fused-ring (bicyclic) bond motifs is 3. The number of benzene rings is 1. The second-order valence-electron chi connectivity index (χ2n) is 3.96. The first-order valence-corrected chi connectivity index (χ1v) is 5.33. The zero-order valence-electron chi connectivity index (χ0n) is 8.46. The number of para-hydroxylation sites is 1. The van der Waals surface area contributed by atoms with Crippen LogP contribution < -0.4 is 5.32 Å². The number of hydrogen-bond donors (Lipinski definition) is 1. The summed E-state index contributed by atoms with van der Waals surface area (Å²) in [4.78, 5) is 0. The molecule has 2 nitrogen and oxygen atoms in total. The van der Waals surface area contributed by atoms with E-state index in [0.717, 1.165) is 37.0 Å². The molecule has 1 aromatic heterocycles. The molecule has 0 spiro atoms. The molecular weight excluding hydrogens is 191 g/mol. The van der Waals surface area contributed by atoms with Gasteiger partial charge in [0.05, 0.1) is 5.52 Å². The topological polar surface area (TPSA) is 17.0 Å². The van der Waals surface area contributed by atoms with Crippen molar-refractivity contribution in [1.29, 1.82) is 0 Å². The van der Waals surface area contributed by atoms with Gasteiger partial charge in [0.15, 0.2) is 0 Å². The minimum Gasteiger partial charge on any atom is -0.341 e. The van der Waals surface area contributed by atoms with Gasteiger partial charge < -0.3 is 9.88 Å². The predicted molar refractivity (Wildman–Crippen MR) is 58.5 cm³/mol. The molecule has 0 bridgehead atoms. The fourth-order valence-electron chi connectivity index (χ4n) is 2.33. The van der Waals surface area contributed by atoms with Gasteiger partial charge in [-0.2, -0.15) is 0 Å². The molecule has 2 heterocycles. The Balaban J connectivity index is 2.29. The largest absolute Gasteiger partial charge is 0.341 e.